The Kier molecular flexibility index (Phi) is 7.30. The summed E-state index contributed by atoms with van der Waals surface area (Å²) in [6.07, 6.45) is 0. The minimum Gasteiger partial charge on any atom is -0.496 e. The highest BCUT2D eigenvalue weighted by Crippen LogP contribution is 2.31. The number of carbonyl (C=O) groups excluding carboxylic acids is 3. The first-order valence-corrected chi connectivity index (χ1v) is 9.12. The number of amides is 1. The van der Waals surface area contributed by atoms with E-state index in [4.69, 9.17) is 14.2 Å². The normalized spacial score (nSPS) is 10.4. The molecular formula is C18H20N2O6S. The van der Waals surface area contributed by atoms with Gasteiger partial charge in [-0.2, -0.15) is 0 Å². The zero-order valence-electron chi connectivity index (χ0n) is 15.2. The predicted octanol–water partition coefficient (Wildman–Crippen LogP) is 2.04. The van der Waals surface area contributed by atoms with Crippen LogP contribution in [0.5, 0.6) is 5.75 Å². The van der Waals surface area contributed by atoms with Gasteiger partial charge in [0.2, 0.25) is 6.04 Å². The third-order valence-corrected chi connectivity index (χ3v) is 4.27. The van der Waals surface area contributed by atoms with Gasteiger partial charge in [-0.25, -0.2) is 14.6 Å². The molecule has 0 aliphatic carbocycles. The van der Waals surface area contributed by atoms with E-state index in [1.54, 1.807) is 27.0 Å². The van der Waals surface area contributed by atoms with E-state index in [1.165, 1.54) is 16.7 Å². The number of para-hydroxylation sites is 1. The van der Waals surface area contributed by atoms with Gasteiger partial charge in [-0.1, -0.05) is 12.1 Å². The molecule has 27 heavy (non-hydrogen) atoms. The van der Waals surface area contributed by atoms with E-state index in [-0.39, 0.29) is 18.9 Å². The molecule has 1 N–H and O–H groups in total. The Morgan fingerprint density at radius 2 is 1.74 bits per heavy atom. The van der Waals surface area contributed by atoms with Gasteiger partial charge in [0, 0.05) is 5.38 Å². The highest BCUT2D eigenvalue weighted by atomic mass is 32.1. The summed E-state index contributed by atoms with van der Waals surface area (Å²) in [5.41, 5.74) is 0.802. The van der Waals surface area contributed by atoms with E-state index in [2.05, 4.69) is 10.3 Å². The number of hydrogen-bond acceptors (Lipinski definition) is 8. The van der Waals surface area contributed by atoms with Crippen LogP contribution >= 0.6 is 11.3 Å². The van der Waals surface area contributed by atoms with Gasteiger partial charge >= 0.3 is 11.9 Å². The zero-order chi connectivity index (χ0) is 19.8. The summed E-state index contributed by atoms with van der Waals surface area (Å²) < 4.78 is 14.9. The van der Waals surface area contributed by atoms with Crippen LogP contribution in [0.3, 0.4) is 0 Å². The molecule has 0 aliphatic heterocycles. The van der Waals surface area contributed by atoms with Gasteiger partial charge in [0.25, 0.3) is 5.91 Å². The van der Waals surface area contributed by atoms with Crippen molar-refractivity contribution in [2.75, 3.05) is 20.3 Å². The number of esters is 2. The first-order chi connectivity index (χ1) is 13.0. The second kappa shape index (κ2) is 9.67. The van der Waals surface area contributed by atoms with Crippen molar-refractivity contribution in [3.63, 3.8) is 0 Å². The van der Waals surface area contributed by atoms with Crippen LogP contribution in [0.15, 0.2) is 29.6 Å². The second-order valence-electron chi connectivity index (χ2n) is 5.15. The van der Waals surface area contributed by atoms with Crippen molar-refractivity contribution in [3.8, 4) is 16.3 Å². The predicted molar refractivity (Wildman–Crippen MR) is 98.6 cm³/mol. The number of aromatic nitrogens is 1. The van der Waals surface area contributed by atoms with Crippen molar-refractivity contribution in [1.29, 1.82) is 0 Å². The number of nitrogens with one attached hydrogen (secondary N) is 1. The van der Waals surface area contributed by atoms with Crippen LogP contribution in [0.2, 0.25) is 0 Å². The monoisotopic (exact) mass is 392 g/mol. The highest BCUT2D eigenvalue weighted by Gasteiger charge is 2.32. The maximum absolute atomic E-state index is 12.5. The molecule has 1 aromatic carbocycles. The minimum atomic E-state index is -1.55. The molecule has 0 aliphatic rings. The van der Waals surface area contributed by atoms with Crippen LogP contribution in [0.25, 0.3) is 10.6 Å². The van der Waals surface area contributed by atoms with Crippen molar-refractivity contribution in [3.05, 3.63) is 35.3 Å². The molecule has 0 unspecified atom stereocenters. The lowest BCUT2D eigenvalue weighted by Crippen LogP contribution is -2.48. The summed E-state index contributed by atoms with van der Waals surface area (Å²) >= 11 is 1.24. The number of rotatable bonds is 8. The molecule has 0 spiro atoms. The third kappa shape index (κ3) is 5.04. The molecule has 0 atom stereocenters. The minimum absolute atomic E-state index is 0.0687. The van der Waals surface area contributed by atoms with Crippen LogP contribution in [-0.4, -0.2) is 49.2 Å². The molecule has 144 valence electrons. The summed E-state index contributed by atoms with van der Waals surface area (Å²) in [6, 6.07) is 5.71. The summed E-state index contributed by atoms with van der Waals surface area (Å²) in [7, 11) is 1.54. The van der Waals surface area contributed by atoms with Crippen LogP contribution < -0.4 is 10.1 Å². The highest BCUT2D eigenvalue weighted by molar-refractivity contribution is 7.13. The third-order valence-electron chi connectivity index (χ3n) is 3.39. The molecule has 1 heterocycles. The largest absolute Gasteiger partial charge is 0.496 e. The molecular weight excluding hydrogens is 372 g/mol. The average molecular weight is 392 g/mol. The van der Waals surface area contributed by atoms with Gasteiger partial charge in [-0.05, 0) is 26.0 Å². The Morgan fingerprint density at radius 3 is 2.33 bits per heavy atom. The van der Waals surface area contributed by atoms with Gasteiger partial charge in [0.1, 0.15) is 16.5 Å². The van der Waals surface area contributed by atoms with E-state index in [9.17, 15) is 14.4 Å². The fourth-order valence-electron chi connectivity index (χ4n) is 2.19. The van der Waals surface area contributed by atoms with Crippen LogP contribution in [0.1, 0.15) is 24.3 Å². The molecule has 1 aromatic heterocycles. The Balaban J connectivity index is 2.20. The molecule has 0 saturated heterocycles. The average Bonchev–Trinajstić information content (AvgIpc) is 3.16. The van der Waals surface area contributed by atoms with E-state index in [0.29, 0.717) is 10.8 Å². The van der Waals surface area contributed by atoms with Gasteiger partial charge in [0.15, 0.2) is 0 Å². The second-order valence-corrected chi connectivity index (χ2v) is 6.01. The number of hydrogen-bond donors (Lipinski definition) is 1. The van der Waals surface area contributed by atoms with Crippen LogP contribution in [-0.2, 0) is 19.1 Å². The number of benzene rings is 1. The molecule has 0 radical (unpaired) electrons. The first kappa shape index (κ1) is 20.4. The van der Waals surface area contributed by atoms with Gasteiger partial charge in [0.05, 0.1) is 25.9 Å². The van der Waals surface area contributed by atoms with Crippen molar-refractivity contribution in [1.82, 2.24) is 10.3 Å². The number of nitrogens with zero attached hydrogens (tertiary/aromatic N) is 1. The maximum Gasteiger partial charge on any atom is 0.340 e. The summed E-state index contributed by atoms with van der Waals surface area (Å²) in [5, 5.41) is 4.42. The summed E-state index contributed by atoms with van der Waals surface area (Å²) in [5.74, 6) is -1.83. The van der Waals surface area contributed by atoms with E-state index < -0.39 is 23.9 Å². The number of ether oxygens (including phenoxy) is 3. The lowest BCUT2D eigenvalue weighted by molar-refractivity contribution is -0.157. The summed E-state index contributed by atoms with van der Waals surface area (Å²) in [4.78, 5) is 40.7. The number of carbonyl (C=O) groups is 3. The zero-order valence-corrected chi connectivity index (χ0v) is 16.0. The molecule has 2 rings (SSSR count). The first-order valence-electron chi connectivity index (χ1n) is 8.24. The molecule has 0 fully saturated rings. The molecule has 8 nitrogen and oxygen atoms in total. The van der Waals surface area contributed by atoms with E-state index in [0.717, 1.165) is 5.56 Å². The SMILES string of the molecule is CCOC(=O)C(NC(=O)c1csc(-c2ccccc2OC)n1)C(=O)OCC. The quantitative estimate of drug-likeness (QED) is 0.541. The number of methoxy groups -OCH3 is 1. The van der Waals surface area contributed by atoms with E-state index >= 15 is 0 Å². The molecule has 9 heteroatoms. The van der Waals surface area contributed by atoms with Crippen LogP contribution in [0.4, 0.5) is 0 Å². The van der Waals surface area contributed by atoms with Crippen LogP contribution in [0, 0.1) is 0 Å². The van der Waals surface area contributed by atoms with Crippen molar-refractivity contribution in [2.24, 2.45) is 0 Å². The summed E-state index contributed by atoms with van der Waals surface area (Å²) in [6.45, 7) is 3.34. The Labute approximate surface area is 160 Å². The Morgan fingerprint density at radius 1 is 1.11 bits per heavy atom. The Bertz CT molecular complexity index is 802. The van der Waals surface area contributed by atoms with E-state index in [1.807, 2.05) is 18.2 Å². The topological polar surface area (TPSA) is 104 Å². The molecule has 0 saturated carbocycles. The van der Waals surface area contributed by atoms with Gasteiger partial charge < -0.3 is 19.5 Å². The molecule has 1 amide bonds. The molecule has 0 bridgehead atoms. The van der Waals surface area contributed by atoms with Gasteiger partial charge in [-0.15, -0.1) is 11.3 Å². The lowest BCUT2D eigenvalue weighted by Gasteiger charge is -2.15. The van der Waals surface area contributed by atoms with Crippen molar-refractivity contribution < 1.29 is 28.6 Å². The lowest BCUT2D eigenvalue weighted by atomic mass is 10.2. The standard InChI is InChI=1S/C18H20N2O6S/c1-4-25-17(22)14(18(23)26-5-2)20-15(21)12-10-27-16(19-12)11-8-6-7-9-13(11)24-3/h6-10,14H,4-5H2,1-3H3,(H,20,21). The number of thiazole rings is 1. The van der Waals surface area contributed by atoms with Gasteiger partial charge in [-0.3, -0.25) is 4.79 Å². The smallest absolute Gasteiger partial charge is 0.340 e. The fraction of sp³-hybridized carbons (Fsp3) is 0.333. The maximum atomic E-state index is 12.5. The van der Waals surface area contributed by atoms with Crippen molar-refractivity contribution in [2.45, 2.75) is 19.9 Å². The fourth-order valence-corrected chi connectivity index (χ4v) is 3.02. The molecule has 2 aromatic rings. The van der Waals surface area contributed by atoms with Crippen molar-refractivity contribution >= 4 is 29.2 Å². The Hall–Kier alpha value is -2.94.